The first-order chi connectivity index (χ1) is 15.1. The molecule has 0 aromatic carbocycles. The third-order valence-electron chi connectivity index (χ3n) is 6.04. The molecule has 0 aromatic rings. The third-order valence-corrected chi connectivity index (χ3v) is 7.35. The maximum absolute atomic E-state index is 12.0. The molecule has 188 valence electrons. The molecule has 0 radical (unpaired) electrons. The summed E-state index contributed by atoms with van der Waals surface area (Å²) in [5.74, 6) is 0.155. The minimum atomic E-state index is -3.34. The van der Waals surface area contributed by atoms with Crippen LogP contribution >= 0.6 is 0 Å². The van der Waals surface area contributed by atoms with Crippen molar-refractivity contribution >= 4 is 10.1 Å². The van der Waals surface area contributed by atoms with Crippen molar-refractivity contribution in [2.24, 2.45) is 0 Å². The summed E-state index contributed by atoms with van der Waals surface area (Å²) in [6, 6.07) is 0. The van der Waals surface area contributed by atoms with Crippen LogP contribution in [0.1, 0.15) is 148 Å². The van der Waals surface area contributed by atoms with Crippen LogP contribution in [0.15, 0.2) is 0 Å². The maximum atomic E-state index is 12.0. The zero-order valence-electron chi connectivity index (χ0n) is 20.7. The van der Waals surface area contributed by atoms with Crippen LogP contribution < -0.4 is 0 Å². The molecule has 0 saturated heterocycles. The van der Waals surface area contributed by atoms with Gasteiger partial charge in [-0.15, -0.1) is 0 Å². The van der Waals surface area contributed by atoms with E-state index in [1.165, 1.54) is 83.5 Å². The molecule has 0 aliphatic carbocycles. The van der Waals surface area contributed by atoms with Gasteiger partial charge in [-0.3, -0.25) is 8.57 Å². The largest absolute Gasteiger partial charge is 0.270 e. The summed E-state index contributed by atoms with van der Waals surface area (Å²) < 4.78 is 41.0. The first-order valence-corrected chi connectivity index (χ1v) is 15.1. The molecule has 0 aromatic heterocycles. The number of rotatable bonds is 26. The summed E-state index contributed by atoms with van der Waals surface area (Å²) in [4.78, 5) is 0. The van der Waals surface area contributed by atoms with Gasteiger partial charge >= 0.3 is 0 Å². The molecular weight excluding hydrogens is 411 g/mol. The van der Waals surface area contributed by atoms with Crippen molar-refractivity contribution in [3.63, 3.8) is 0 Å². The second-order valence-corrected chi connectivity index (χ2v) is 11.0. The van der Waals surface area contributed by atoms with Crippen LogP contribution in [0.2, 0.25) is 0 Å². The fourth-order valence-corrected chi connectivity index (χ4v) is 5.02. The number of hydrogen-bond acceptors (Lipinski definition) is 3. The molecule has 0 fully saturated rings. The molecule has 0 aliphatic heterocycles. The first kappa shape index (κ1) is 30.8. The summed E-state index contributed by atoms with van der Waals surface area (Å²) in [6.07, 6.45) is 25.7. The summed E-state index contributed by atoms with van der Waals surface area (Å²) in [5.41, 5.74) is 0. The molecule has 0 rings (SSSR count). The quantitative estimate of drug-likeness (QED) is 0.0947. The van der Waals surface area contributed by atoms with Crippen molar-refractivity contribution < 1.29 is 17.0 Å². The zero-order chi connectivity index (χ0) is 22.9. The summed E-state index contributed by atoms with van der Waals surface area (Å²) in [7, 11) is -3.34. The highest BCUT2D eigenvalue weighted by Crippen LogP contribution is 2.13. The highest BCUT2D eigenvalue weighted by molar-refractivity contribution is 7.86. The Morgan fingerprint density at radius 3 is 1.29 bits per heavy atom. The Kier molecular flexibility index (Phi) is 24.4. The highest BCUT2D eigenvalue weighted by Gasteiger charge is 2.10. The molecule has 0 atom stereocenters. The minimum Gasteiger partial charge on any atom is -0.270 e. The molecule has 0 aliphatic rings. The summed E-state index contributed by atoms with van der Waals surface area (Å²) in [5, 5.41) is 0. The van der Waals surface area contributed by atoms with E-state index in [-0.39, 0.29) is 12.4 Å². The molecule has 0 bridgehead atoms. The predicted molar refractivity (Wildman–Crippen MR) is 133 cm³/mol. The van der Waals surface area contributed by atoms with E-state index in [9.17, 15) is 12.8 Å². The van der Waals surface area contributed by atoms with E-state index in [0.717, 1.165) is 44.9 Å². The number of alkyl halides is 1. The number of halogens is 1. The molecule has 5 heteroatoms. The van der Waals surface area contributed by atoms with Gasteiger partial charge in [-0.2, -0.15) is 8.42 Å². The van der Waals surface area contributed by atoms with Crippen LogP contribution in [-0.2, 0) is 14.3 Å². The number of unbranched alkanes of at least 4 members (excludes halogenated alkanes) is 20. The van der Waals surface area contributed by atoms with Crippen LogP contribution in [-0.4, -0.2) is 27.5 Å². The molecule has 0 heterocycles. The van der Waals surface area contributed by atoms with Gasteiger partial charge in [0.25, 0.3) is 10.1 Å². The Morgan fingerprint density at radius 2 is 0.871 bits per heavy atom. The van der Waals surface area contributed by atoms with Crippen molar-refractivity contribution in [2.45, 2.75) is 148 Å². The SMILES string of the molecule is CCCCCCCCCCCCCCCOS(=O)(=O)CCCCCCCCCCCF. The van der Waals surface area contributed by atoms with E-state index >= 15 is 0 Å². The fraction of sp³-hybridized carbons (Fsp3) is 1.00. The van der Waals surface area contributed by atoms with Crippen molar-refractivity contribution in [2.75, 3.05) is 19.0 Å². The third kappa shape index (κ3) is 26.0. The van der Waals surface area contributed by atoms with E-state index in [0.29, 0.717) is 19.4 Å². The van der Waals surface area contributed by atoms with Gasteiger partial charge in [-0.1, -0.05) is 129 Å². The molecule has 0 saturated carbocycles. The monoisotopic (exact) mass is 464 g/mol. The topological polar surface area (TPSA) is 43.4 Å². The molecule has 3 nitrogen and oxygen atoms in total. The van der Waals surface area contributed by atoms with Crippen LogP contribution in [0, 0.1) is 0 Å². The van der Waals surface area contributed by atoms with Gasteiger partial charge in [0.2, 0.25) is 0 Å². The van der Waals surface area contributed by atoms with Gasteiger partial charge in [-0.05, 0) is 19.3 Å². The Morgan fingerprint density at radius 1 is 0.516 bits per heavy atom. The lowest BCUT2D eigenvalue weighted by molar-refractivity contribution is 0.305. The zero-order valence-corrected chi connectivity index (χ0v) is 21.5. The molecule has 0 spiro atoms. The van der Waals surface area contributed by atoms with E-state index < -0.39 is 10.1 Å². The van der Waals surface area contributed by atoms with Crippen LogP contribution in [0.3, 0.4) is 0 Å². The van der Waals surface area contributed by atoms with E-state index in [2.05, 4.69) is 6.92 Å². The van der Waals surface area contributed by atoms with Gasteiger partial charge in [0.15, 0.2) is 0 Å². The normalized spacial score (nSPS) is 11.9. The molecule has 0 N–H and O–H groups in total. The second kappa shape index (κ2) is 24.5. The van der Waals surface area contributed by atoms with E-state index in [1.54, 1.807) is 0 Å². The summed E-state index contributed by atoms with van der Waals surface area (Å²) >= 11 is 0. The molecular formula is C26H53FO3S. The summed E-state index contributed by atoms with van der Waals surface area (Å²) in [6.45, 7) is 2.41. The fourth-order valence-electron chi connectivity index (χ4n) is 3.98. The average Bonchev–Trinajstić information content (AvgIpc) is 2.75. The van der Waals surface area contributed by atoms with Crippen LogP contribution in [0.25, 0.3) is 0 Å². The standard InChI is InChI=1S/C26H53FO3S/c1-2-3-4-5-6-7-8-9-10-13-16-19-22-25-30-31(28,29)26-23-20-17-14-11-12-15-18-21-24-27/h2-26H2,1H3. The lowest BCUT2D eigenvalue weighted by Gasteiger charge is -2.06. The van der Waals surface area contributed by atoms with Crippen LogP contribution in [0.5, 0.6) is 0 Å². The van der Waals surface area contributed by atoms with E-state index in [1.807, 2.05) is 0 Å². The van der Waals surface area contributed by atoms with Crippen molar-refractivity contribution in [3.05, 3.63) is 0 Å². The Bertz CT molecular complexity index is 440. The highest BCUT2D eigenvalue weighted by atomic mass is 32.2. The smallest absolute Gasteiger partial charge is 0.267 e. The van der Waals surface area contributed by atoms with Crippen molar-refractivity contribution in [1.82, 2.24) is 0 Å². The van der Waals surface area contributed by atoms with Gasteiger partial charge in [0, 0.05) is 0 Å². The van der Waals surface area contributed by atoms with E-state index in [4.69, 9.17) is 4.18 Å². The van der Waals surface area contributed by atoms with Crippen molar-refractivity contribution in [1.29, 1.82) is 0 Å². The predicted octanol–water partition coefficient (Wildman–Crippen LogP) is 8.90. The molecule has 0 amide bonds. The van der Waals surface area contributed by atoms with Gasteiger partial charge in [0.05, 0.1) is 19.0 Å². The maximum Gasteiger partial charge on any atom is 0.267 e. The lowest BCUT2D eigenvalue weighted by atomic mass is 10.0. The first-order valence-electron chi connectivity index (χ1n) is 13.6. The Balaban J connectivity index is 3.30. The second-order valence-electron chi connectivity index (χ2n) is 9.20. The molecule has 31 heavy (non-hydrogen) atoms. The van der Waals surface area contributed by atoms with Gasteiger partial charge in [-0.25, -0.2) is 0 Å². The van der Waals surface area contributed by atoms with Crippen LogP contribution in [0.4, 0.5) is 4.39 Å². The van der Waals surface area contributed by atoms with Gasteiger partial charge < -0.3 is 0 Å². The van der Waals surface area contributed by atoms with Gasteiger partial charge in [0.1, 0.15) is 0 Å². The molecule has 0 unspecified atom stereocenters. The average molecular weight is 465 g/mol. The number of hydrogen-bond donors (Lipinski definition) is 0. The van der Waals surface area contributed by atoms with Crippen molar-refractivity contribution in [3.8, 4) is 0 Å². The minimum absolute atomic E-state index is 0.155. The lowest BCUT2D eigenvalue weighted by Crippen LogP contribution is -2.11. The Labute approximate surface area is 194 Å². The Hall–Kier alpha value is -0.160.